The SMILES string of the molecule is CC(C)N1C(=O)CN(S(=O)(=O)Cc2cccc(Cl)c2)CC1(C)C. The van der Waals surface area contributed by atoms with Crippen LogP contribution in [0.5, 0.6) is 0 Å². The second kappa shape index (κ2) is 6.42. The van der Waals surface area contributed by atoms with Crippen LogP contribution in [0.1, 0.15) is 33.3 Å². The van der Waals surface area contributed by atoms with Gasteiger partial charge in [0.1, 0.15) is 0 Å². The van der Waals surface area contributed by atoms with Crippen LogP contribution in [0.2, 0.25) is 5.02 Å². The predicted octanol–water partition coefficient (Wildman–Crippen LogP) is 2.50. The molecule has 23 heavy (non-hydrogen) atoms. The number of sulfonamides is 1. The van der Waals surface area contributed by atoms with Crippen LogP contribution in [-0.4, -0.2) is 48.2 Å². The molecule has 1 fully saturated rings. The highest BCUT2D eigenvalue weighted by Gasteiger charge is 2.43. The molecule has 1 amide bonds. The highest BCUT2D eigenvalue weighted by Crippen LogP contribution is 2.27. The Balaban J connectivity index is 2.23. The quantitative estimate of drug-likeness (QED) is 0.830. The zero-order valence-corrected chi connectivity index (χ0v) is 15.5. The van der Waals surface area contributed by atoms with E-state index < -0.39 is 15.6 Å². The monoisotopic (exact) mass is 358 g/mol. The van der Waals surface area contributed by atoms with Gasteiger partial charge in [0, 0.05) is 17.6 Å². The minimum Gasteiger partial charge on any atom is -0.333 e. The Morgan fingerprint density at radius 2 is 1.96 bits per heavy atom. The van der Waals surface area contributed by atoms with Gasteiger partial charge in [0.25, 0.3) is 0 Å². The van der Waals surface area contributed by atoms with Crippen molar-refractivity contribution in [2.24, 2.45) is 0 Å². The average molecular weight is 359 g/mol. The van der Waals surface area contributed by atoms with Crippen LogP contribution in [0, 0.1) is 0 Å². The van der Waals surface area contributed by atoms with Crippen molar-refractivity contribution in [3.8, 4) is 0 Å². The fourth-order valence-electron chi connectivity index (χ4n) is 3.24. The number of rotatable bonds is 4. The summed E-state index contributed by atoms with van der Waals surface area (Å²) in [5.74, 6) is -0.315. The Morgan fingerprint density at radius 1 is 1.30 bits per heavy atom. The van der Waals surface area contributed by atoms with Crippen molar-refractivity contribution in [3.63, 3.8) is 0 Å². The van der Waals surface area contributed by atoms with Gasteiger partial charge in [-0.05, 0) is 45.4 Å². The van der Waals surface area contributed by atoms with Gasteiger partial charge >= 0.3 is 0 Å². The summed E-state index contributed by atoms with van der Waals surface area (Å²) in [6.07, 6.45) is 0. The molecule has 0 bridgehead atoms. The molecule has 0 atom stereocenters. The first-order valence-corrected chi connectivity index (χ1v) is 9.56. The molecule has 0 unspecified atom stereocenters. The van der Waals surface area contributed by atoms with Crippen LogP contribution >= 0.6 is 11.6 Å². The lowest BCUT2D eigenvalue weighted by atomic mass is 9.98. The van der Waals surface area contributed by atoms with Gasteiger partial charge in [-0.3, -0.25) is 4.79 Å². The summed E-state index contributed by atoms with van der Waals surface area (Å²) in [6.45, 7) is 7.85. The molecule has 7 heteroatoms. The van der Waals surface area contributed by atoms with E-state index in [1.54, 1.807) is 29.2 Å². The fraction of sp³-hybridized carbons (Fsp3) is 0.562. The number of nitrogens with zero attached hydrogens (tertiary/aromatic N) is 2. The van der Waals surface area contributed by atoms with E-state index >= 15 is 0 Å². The lowest BCUT2D eigenvalue weighted by Crippen LogP contribution is -2.64. The van der Waals surface area contributed by atoms with Crippen LogP contribution in [0.15, 0.2) is 24.3 Å². The van der Waals surface area contributed by atoms with E-state index in [9.17, 15) is 13.2 Å². The molecule has 0 aromatic heterocycles. The molecular formula is C16H23ClN2O3S. The molecule has 1 heterocycles. The van der Waals surface area contributed by atoms with Gasteiger partial charge in [0.05, 0.1) is 17.8 Å². The molecular weight excluding hydrogens is 336 g/mol. The molecule has 128 valence electrons. The van der Waals surface area contributed by atoms with E-state index in [1.807, 2.05) is 27.7 Å². The number of carbonyl (C=O) groups excluding carboxylic acids is 1. The van der Waals surface area contributed by atoms with Crippen LogP contribution in [0.4, 0.5) is 0 Å². The van der Waals surface area contributed by atoms with E-state index in [1.165, 1.54) is 4.31 Å². The maximum absolute atomic E-state index is 12.7. The molecule has 0 aliphatic carbocycles. The minimum atomic E-state index is -3.58. The van der Waals surface area contributed by atoms with Crippen molar-refractivity contribution < 1.29 is 13.2 Å². The molecule has 0 spiro atoms. The number of piperazine rings is 1. The Kier molecular flexibility index (Phi) is 5.09. The minimum absolute atomic E-state index is 0.0373. The largest absolute Gasteiger partial charge is 0.333 e. The zero-order valence-electron chi connectivity index (χ0n) is 13.9. The topological polar surface area (TPSA) is 57.7 Å². The van der Waals surface area contributed by atoms with Gasteiger partial charge in [0.2, 0.25) is 15.9 Å². The van der Waals surface area contributed by atoms with E-state index in [0.29, 0.717) is 17.1 Å². The third-order valence-electron chi connectivity index (χ3n) is 3.94. The van der Waals surface area contributed by atoms with Gasteiger partial charge < -0.3 is 4.90 Å². The van der Waals surface area contributed by atoms with E-state index in [0.717, 1.165) is 0 Å². The van der Waals surface area contributed by atoms with Crippen LogP contribution < -0.4 is 0 Å². The van der Waals surface area contributed by atoms with Crippen LogP contribution in [0.3, 0.4) is 0 Å². The molecule has 0 saturated carbocycles. The van der Waals surface area contributed by atoms with Crippen molar-refractivity contribution in [1.29, 1.82) is 0 Å². The highest BCUT2D eigenvalue weighted by molar-refractivity contribution is 7.88. The summed E-state index contributed by atoms with van der Waals surface area (Å²) >= 11 is 5.91. The van der Waals surface area contributed by atoms with Crippen molar-refractivity contribution in [2.75, 3.05) is 13.1 Å². The summed E-state index contributed by atoms with van der Waals surface area (Å²) in [5, 5.41) is 0.499. The average Bonchev–Trinajstić information content (AvgIpc) is 2.35. The molecule has 1 saturated heterocycles. The van der Waals surface area contributed by atoms with Crippen molar-refractivity contribution in [2.45, 2.75) is 45.0 Å². The molecule has 2 rings (SSSR count). The molecule has 1 aliphatic rings. The van der Waals surface area contributed by atoms with Crippen LogP contribution in [-0.2, 0) is 20.6 Å². The van der Waals surface area contributed by atoms with Gasteiger partial charge in [-0.2, -0.15) is 4.31 Å². The standard InChI is InChI=1S/C16H23ClN2O3S/c1-12(2)19-15(20)9-18(11-16(19,3)4)23(21,22)10-13-6-5-7-14(17)8-13/h5-8,12H,9-11H2,1-4H3. The normalized spacial score (nSPS) is 19.4. The Morgan fingerprint density at radius 3 is 2.48 bits per heavy atom. The Hall–Kier alpha value is -1.11. The summed E-state index contributed by atoms with van der Waals surface area (Å²) in [7, 11) is -3.58. The van der Waals surface area contributed by atoms with Gasteiger partial charge in [-0.15, -0.1) is 0 Å². The number of halogens is 1. The number of amides is 1. The molecule has 0 N–H and O–H groups in total. The van der Waals surface area contributed by atoms with Gasteiger partial charge in [0.15, 0.2) is 0 Å². The Labute approximate surface area is 143 Å². The second-order valence-electron chi connectivity index (χ2n) is 6.82. The summed E-state index contributed by atoms with van der Waals surface area (Å²) < 4.78 is 26.7. The third-order valence-corrected chi connectivity index (χ3v) is 5.92. The molecule has 1 aromatic rings. The van der Waals surface area contributed by atoms with E-state index in [-0.39, 0.29) is 24.2 Å². The summed E-state index contributed by atoms with van der Waals surface area (Å²) in [5.41, 5.74) is 0.0827. The first-order chi connectivity index (χ1) is 10.5. The lowest BCUT2D eigenvalue weighted by Gasteiger charge is -2.48. The lowest BCUT2D eigenvalue weighted by molar-refractivity contribution is -0.144. The fourth-order valence-corrected chi connectivity index (χ4v) is 5.06. The predicted molar refractivity (Wildman–Crippen MR) is 91.7 cm³/mol. The number of hydrogen-bond acceptors (Lipinski definition) is 3. The molecule has 0 radical (unpaired) electrons. The number of benzene rings is 1. The summed E-state index contributed by atoms with van der Waals surface area (Å²) in [6, 6.07) is 6.82. The zero-order chi connectivity index (χ0) is 17.4. The van der Waals surface area contributed by atoms with Crippen molar-refractivity contribution in [3.05, 3.63) is 34.9 Å². The van der Waals surface area contributed by atoms with E-state index in [4.69, 9.17) is 11.6 Å². The van der Waals surface area contributed by atoms with Crippen molar-refractivity contribution in [1.82, 2.24) is 9.21 Å². The molecule has 5 nitrogen and oxygen atoms in total. The maximum atomic E-state index is 12.7. The third kappa shape index (κ3) is 4.05. The Bertz CT molecular complexity index is 701. The van der Waals surface area contributed by atoms with Gasteiger partial charge in [-0.1, -0.05) is 23.7 Å². The van der Waals surface area contributed by atoms with Crippen molar-refractivity contribution >= 4 is 27.5 Å². The number of hydrogen-bond donors (Lipinski definition) is 0. The van der Waals surface area contributed by atoms with Gasteiger partial charge in [-0.25, -0.2) is 8.42 Å². The number of carbonyl (C=O) groups is 1. The molecule has 1 aromatic carbocycles. The first kappa shape index (κ1) is 18.2. The highest BCUT2D eigenvalue weighted by atomic mass is 35.5. The second-order valence-corrected chi connectivity index (χ2v) is 9.23. The molecule has 1 aliphatic heterocycles. The van der Waals surface area contributed by atoms with Crippen LogP contribution in [0.25, 0.3) is 0 Å². The van der Waals surface area contributed by atoms with E-state index in [2.05, 4.69) is 0 Å². The summed E-state index contributed by atoms with van der Waals surface area (Å²) in [4.78, 5) is 14.2. The first-order valence-electron chi connectivity index (χ1n) is 7.57. The maximum Gasteiger partial charge on any atom is 0.238 e. The smallest absolute Gasteiger partial charge is 0.238 e.